The van der Waals surface area contributed by atoms with Crippen LogP contribution in [0.25, 0.3) is 11.3 Å². The van der Waals surface area contributed by atoms with Crippen molar-refractivity contribution in [1.82, 2.24) is 14.6 Å². The molecule has 0 spiro atoms. The number of halogens is 2. The van der Waals surface area contributed by atoms with Crippen molar-refractivity contribution in [1.29, 1.82) is 0 Å². The number of carbonyl (C=O) groups excluding carboxylic acids is 1. The summed E-state index contributed by atoms with van der Waals surface area (Å²) in [6.07, 6.45) is 0. The molecule has 29 heavy (non-hydrogen) atoms. The SMILES string of the molecule is Cc1sc(CNC(=O)CN(C)S(=O)(=O)c2ccc(Cl)s2)nc1-c1ccc(Cl)cc1. The number of aromatic nitrogens is 1. The zero-order valence-electron chi connectivity index (χ0n) is 15.5. The number of aryl methyl sites for hydroxylation is 1. The van der Waals surface area contributed by atoms with Gasteiger partial charge in [0, 0.05) is 22.5 Å². The predicted molar refractivity (Wildman–Crippen MR) is 118 cm³/mol. The molecule has 0 fully saturated rings. The van der Waals surface area contributed by atoms with Gasteiger partial charge in [0.05, 0.1) is 23.1 Å². The first-order chi connectivity index (χ1) is 13.7. The van der Waals surface area contributed by atoms with Crippen molar-refractivity contribution >= 4 is 61.8 Å². The lowest BCUT2D eigenvalue weighted by molar-refractivity contribution is -0.121. The Morgan fingerprint density at radius 2 is 1.83 bits per heavy atom. The maximum Gasteiger partial charge on any atom is 0.252 e. The van der Waals surface area contributed by atoms with Crippen LogP contribution in [0.2, 0.25) is 9.36 Å². The third-order valence-corrected chi connectivity index (χ3v) is 8.70. The zero-order valence-corrected chi connectivity index (χ0v) is 19.4. The van der Waals surface area contributed by atoms with E-state index in [4.69, 9.17) is 23.2 Å². The number of thiophene rings is 1. The van der Waals surface area contributed by atoms with Gasteiger partial charge < -0.3 is 5.32 Å². The molecule has 1 N–H and O–H groups in total. The second-order valence-corrected chi connectivity index (χ2v) is 11.8. The Kier molecular flexibility index (Phi) is 6.98. The second kappa shape index (κ2) is 9.11. The summed E-state index contributed by atoms with van der Waals surface area (Å²) in [5.41, 5.74) is 1.78. The van der Waals surface area contributed by atoms with Crippen molar-refractivity contribution in [3.05, 3.63) is 55.6 Å². The highest BCUT2D eigenvalue weighted by molar-refractivity contribution is 7.91. The average Bonchev–Trinajstić information content (AvgIpc) is 3.27. The molecule has 0 aliphatic heterocycles. The van der Waals surface area contributed by atoms with Crippen LogP contribution in [0.5, 0.6) is 0 Å². The van der Waals surface area contributed by atoms with Gasteiger partial charge in [-0.15, -0.1) is 22.7 Å². The largest absolute Gasteiger partial charge is 0.348 e. The van der Waals surface area contributed by atoms with Gasteiger partial charge in [-0.05, 0) is 31.2 Å². The molecule has 0 bridgehead atoms. The summed E-state index contributed by atoms with van der Waals surface area (Å²) in [7, 11) is -2.40. The van der Waals surface area contributed by atoms with Gasteiger partial charge in [0.2, 0.25) is 5.91 Å². The lowest BCUT2D eigenvalue weighted by Gasteiger charge is -2.15. The summed E-state index contributed by atoms with van der Waals surface area (Å²) in [6, 6.07) is 10.3. The van der Waals surface area contributed by atoms with Crippen LogP contribution in [0.1, 0.15) is 9.88 Å². The van der Waals surface area contributed by atoms with E-state index in [0.717, 1.165) is 36.8 Å². The number of thiazole rings is 1. The Bertz CT molecular complexity index is 1120. The van der Waals surface area contributed by atoms with E-state index in [1.54, 1.807) is 12.1 Å². The highest BCUT2D eigenvalue weighted by Gasteiger charge is 2.24. The molecular weight excluding hydrogens is 473 g/mol. The molecule has 0 saturated carbocycles. The normalized spacial score (nSPS) is 11.8. The molecule has 0 radical (unpaired) electrons. The molecule has 0 saturated heterocycles. The van der Waals surface area contributed by atoms with E-state index in [1.807, 2.05) is 19.1 Å². The molecule has 1 aromatic carbocycles. The first-order valence-corrected chi connectivity index (χ1v) is 12.2. The minimum atomic E-state index is -3.76. The number of likely N-dealkylation sites (N-methyl/N-ethyl adjacent to an activating group) is 1. The first kappa shape index (κ1) is 22.2. The highest BCUT2D eigenvalue weighted by Crippen LogP contribution is 2.29. The van der Waals surface area contributed by atoms with E-state index in [-0.39, 0.29) is 17.3 Å². The van der Waals surface area contributed by atoms with Crippen molar-refractivity contribution in [3.63, 3.8) is 0 Å². The van der Waals surface area contributed by atoms with Crippen LogP contribution in [-0.2, 0) is 21.4 Å². The summed E-state index contributed by atoms with van der Waals surface area (Å²) in [5, 5.41) is 4.10. The highest BCUT2D eigenvalue weighted by atomic mass is 35.5. The number of nitrogens with one attached hydrogen (secondary N) is 1. The minimum Gasteiger partial charge on any atom is -0.348 e. The summed E-state index contributed by atoms with van der Waals surface area (Å²) in [4.78, 5) is 17.8. The molecule has 6 nitrogen and oxygen atoms in total. The van der Waals surface area contributed by atoms with Gasteiger partial charge in [0.1, 0.15) is 9.22 Å². The van der Waals surface area contributed by atoms with Crippen LogP contribution in [0.3, 0.4) is 0 Å². The molecule has 3 aromatic rings. The molecule has 1 amide bonds. The topological polar surface area (TPSA) is 79.4 Å². The summed E-state index contributed by atoms with van der Waals surface area (Å²) >= 11 is 14.2. The number of amides is 1. The van der Waals surface area contributed by atoms with E-state index in [0.29, 0.717) is 9.36 Å². The molecule has 3 rings (SSSR count). The molecule has 154 valence electrons. The zero-order chi connectivity index (χ0) is 21.2. The standard InChI is InChI=1S/C18H17Cl2N3O3S3/c1-11-18(12-3-5-13(19)6-4-12)22-16(27-11)9-21-15(24)10-23(2)29(25,26)17-8-7-14(20)28-17/h3-8H,9-10H2,1-2H3,(H,21,24). The summed E-state index contributed by atoms with van der Waals surface area (Å²) < 4.78 is 26.4. The molecule has 0 unspecified atom stereocenters. The molecule has 2 aromatic heterocycles. The van der Waals surface area contributed by atoms with E-state index in [1.165, 1.54) is 30.5 Å². The van der Waals surface area contributed by atoms with Crippen LogP contribution in [0.15, 0.2) is 40.6 Å². The van der Waals surface area contributed by atoms with Crippen molar-refractivity contribution < 1.29 is 13.2 Å². The van der Waals surface area contributed by atoms with Gasteiger partial charge in [-0.1, -0.05) is 35.3 Å². The molecule has 2 heterocycles. The van der Waals surface area contributed by atoms with E-state index >= 15 is 0 Å². The number of benzene rings is 1. The molecule has 0 atom stereocenters. The van der Waals surface area contributed by atoms with Gasteiger partial charge in [0.25, 0.3) is 10.0 Å². The van der Waals surface area contributed by atoms with Gasteiger partial charge in [-0.3, -0.25) is 4.79 Å². The van der Waals surface area contributed by atoms with Gasteiger partial charge in [-0.25, -0.2) is 13.4 Å². The predicted octanol–water partition coefficient (Wildman–Crippen LogP) is 4.42. The number of carbonyl (C=O) groups is 1. The quantitative estimate of drug-likeness (QED) is 0.532. The van der Waals surface area contributed by atoms with Gasteiger partial charge in [-0.2, -0.15) is 4.31 Å². The molecule has 11 heteroatoms. The van der Waals surface area contributed by atoms with Crippen molar-refractivity contribution in [2.24, 2.45) is 0 Å². The number of sulfonamides is 1. The average molecular weight is 490 g/mol. The lowest BCUT2D eigenvalue weighted by atomic mass is 10.1. The summed E-state index contributed by atoms with van der Waals surface area (Å²) in [6.45, 7) is 1.88. The van der Waals surface area contributed by atoms with Crippen LogP contribution in [0, 0.1) is 6.92 Å². The third kappa shape index (κ3) is 5.36. The molecule has 0 aliphatic carbocycles. The number of nitrogens with zero attached hydrogens (tertiary/aromatic N) is 2. The fraction of sp³-hybridized carbons (Fsp3) is 0.222. The fourth-order valence-corrected chi connectivity index (χ4v) is 6.35. The van der Waals surface area contributed by atoms with Crippen molar-refractivity contribution in [3.8, 4) is 11.3 Å². The van der Waals surface area contributed by atoms with Crippen LogP contribution in [0.4, 0.5) is 0 Å². The molecule has 0 aliphatic rings. The van der Waals surface area contributed by atoms with E-state index in [2.05, 4.69) is 10.3 Å². The smallest absolute Gasteiger partial charge is 0.252 e. The monoisotopic (exact) mass is 489 g/mol. The number of hydrogen-bond acceptors (Lipinski definition) is 6. The Labute approximate surface area is 187 Å². The van der Waals surface area contributed by atoms with Crippen LogP contribution >= 0.6 is 45.9 Å². The Balaban J connectivity index is 1.61. The first-order valence-electron chi connectivity index (χ1n) is 8.37. The maximum atomic E-state index is 12.5. The summed E-state index contributed by atoms with van der Waals surface area (Å²) in [5.74, 6) is -0.417. The number of rotatable bonds is 7. The Hall–Kier alpha value is -1.49. The fourth-order valence-electron chi connectivity index (χ4n) is 2.51. The lowest BCUT2D eigenvalue weighted by Crippen LogP contribution is -2.37. The van der Waals surface area contributed by atoms with E-state index in [9.17, 15) is 13.2 Å². The van der Waals surface area contributed by atoms with Crippen molar-refractivity contribution in [2.75, 3.05) is 13.6 Å². The van der Waals surface area contributed by atoms with Crippen LogP contribution < -0.4 is 5.32 Å². The van der Waals surface area contributed by atoms with E-state index < -0.39 is 15.9 Å². The maximum absolute atomic E-state index is 12.5. The minimum absolute atomic E-state index is 0.0981. The van der Waals surface area contributed by atoms with Crippen LogP contribution in [-0.4, -0.2) is 37.2 Å². The van der Waals surface area contributed by atoms with Crippen molar-refractivity contribution in [2.45, 2.75) is 17.7 Å². The molecular formula is C18H17Cl2N3O3S3. The second-order valence-electron chi connectivity index (χ2n) is 6.12. The van der Waals surface area contributed by atoms with Gasteiger partial charge in [0.15, 0.2) is 0 Å². The van der Waals surface area contributed by atoms with Gasteiger partial charge >= 0.3 is 0 Å². The number of hydrogen-bond donors (Lipinski definition) is 1. The third-order valence-electron chi connectivity index (χ3n) is 3.97. The Morgan fingerprint density at radius 1 is 1.14 bits per heavy atom. The Morgan fingerprint density at radius 3 is 2.45 bits per heavy atom.